The maximum atomic E-state index is 10.8. The van der Waals surface area contributed by atoms with E-state index in [-0.39, 0.29) is 5.75 Å². The largest absolute Gasteiger partial charge is 0.549 e. The number of aryl methyl sites for hydroxylation is 1. The zero-order valence-corrected chi connectivity index (χ0v) is 15.0. The zero-order chi connectivity index (χ0) is 17.6. The minimum absolute atomic E-state index is 0.164. The van der Waals surface area contributed by atoms with Crippen LogP contribution in [0.5, 0.6) is 0 Å². The van der Waals surface area contributed by atoms with Gasteiger partial charge in [0.25, 0.3) is 0 Å². The van der Waals surface area contributed by atoms with Crippen LogP contribution in [-0.2, 0) is 4.79 Å². The van der Waals surface area contributed by atoms with Crippen LogP contribution in [0, 0.1) is 6.92 Å². The number of carbonyl (C=O) groups is 1. The van der Waals surface area contributed by atoms with E-state index in [2.05, 4.69) is 15.3 Å². The second kappa shape index (κ2) is 8.29. The Hall–Kier alpha value is -2.15. The van der Waals surface area contributed by atoms with E-state index in [1.807, 2.05) is 31.2 Å². The maximum Gasteiger partial charge on any atom is 0.212 e. The molecular formula is C18H21N4O2S-. The first-order valence-corrected chi connectivity index (χ1v) is 9.51. The highest BCUT2D eigenvalue weighted by Gasteiger charge is 2.23. The molecule has 3 rings (SSSR count). The number of carboxylic acid groups (broad SMARTS) is 1. The highest BCUT2D eigenvalue weighted by Crippen LogP contribution is 2.33. The maximum absolute atomic E-state index is 10.8. The number of thioether (sulfide) groups is 1. The van der Waals surface area contributed by atoms with Gasteiger partial charge in [0.05, 0.1) is 12.2 Å². The SMILES string of the molecule is Cc1cccc(/C=N\n2c(SCC(=O)[O-])nnc2C2CCCCC2)c1. The van der Waals surface area contributed by atoms with Crippen LogP contribution in [0.2, 0.25) is 0 Å². The van der Waals surface area contributed by atoms with Crippen molar-refractivity contribution < 1.29 is 9.90 Å². The Morgan fingerprint density at radius 2 is 2.16 bits per heavy atom. The number of aliphatic carboxylic acids is 1. The van der Waals surface area contributed by atoms with E-state index in [4.69, 9.17) is 0 Å². The third-order valence-electron chi connectivity index (χ3n) is 4.29. The summed E-state index contributed by atoms with van der Waals surface area (Å²) >= 11 is 1.09. The van der Waals surface area contributed by atoms with E-state index < -0.39 is 5.97 Å². The Kier molecular flexibility index (Phi) is 5.86. The Balaban J connectivity index is 1.89. The molecule has 1 saturated carbocycles. The molecule has 1 aromatic heterocycles. The molecule has 0 N–H and O–H groups in total. The van der Waals surface area contributed by atoms with Crippen LogP contribution in [-0.4, -0.2) is 32.8 Å². The Morgan fingerprint density at radius 1 is 1.36 bits per heavy atom. The minimum Gasteiger partial charge on any atom is -0.549 e. The summed E-state index contributed by atoms with van der Waals surface area (Å²) in [5.74, 6) is -0.137. The van der Waals surface area contributed by atoms with Gasteiger partial charge in [-0.15, -0.1) is 10.2 Å². The summed E-state index contributed by atoms with van der Waals surface area (Å²) in [6.07, 6.45) is 7.53. The molecule has 0 aliphatic heterocycles. The number of rotatable bonds is 6. The van der Waals surface area contributed by atoms with Gasteiger partial charge in [-0.05, 0) is 25.3 Å². The predicted molar refractivity (Wildman–Crippen MR) is 95.8 cm³/mol. The second-order valence-corrected chi connectivity index (χ2v) is 7.25. The molecule has 1 heterocycles. The van der Waals surface area contributed by atoms with Gasteiger partial charge in [0.2, 0.25) is 5.16 Å². The van der Waals surface area contributed by atoms with Crippen LogP contribution in [0.15, 0.2) is 34.5 Å². The molecule has 0 spiro atoms. The molecule has 0 unspecified atom stereocenters. The van der Waals surface area contributed by atoms with Crippen LogP contribution < -0.4 is 5.11 Å². The number of nitrogens with zero attached hydrogens (tertiary/aromatic N) is 4. The number of aromatic nitrogens is 3. The number of hydrogen-bond donors (Lipinski definition) is 0. The standard InChI is InChI=1S/C18H22N4O2S/c1-13-6-5-7-14(10-13)11-19-22-17(15-8-3-2-4-9-15)20-21-18(22)25-12-16(23)24/h5-7,10-11,15H,2-4,8-9,12H2,1H3,(H,23,24)/p-1/b19-11-. The molecule has 0 radical (unpaired) electrons. The topological polar surface area (TPSA) is 83.2 Å². The van der Waals surface area contributed by atoms with E-state index in [0.29, 0.717) is 11.1 Å². The van der Waals surface area contributed by atoms with Crippen molar-refractivity contribution in [1.82, 2.24) is 14.9 Å². The molecule has 1 aliphatic rings. The van der Waals surface area contributed by atoms with Crippen molar-refractivity contribution in [2.45, 2.75) is 50.1 Å². The molecule has 1 aromatic carbocycles. The van der Waals surface area contributed by atoms with Gasteiger partial charge in [0.15, 0.2) is 5.82 Å². The summed E-state index contributed by atoms with van der Waals surface area (Å²) in [7, 11) is 0. The highest BCUT2D eigenvalue weighted by molar-refractivity contribution is 7.99. The lowest BCUT2D eigenvalue weighted by atomic mass is 9.89. The molecule has 6 nitrogen and oxygen atoms in total. The molecule has 0 saturated heterocycles. The molecule has 0 amide bonds. The van der Waals surface area contributed by atoms with Crippen LogP contribution in [0.4, 0.5) is 0 Å². The Labute approximate surface area is 151 Å². The van der Waals surface area contributed by atoms with Gasteiger partial charge < -0.3 is 9.90 Å². The third-order valence-corrected chi connectivity index (χ3v) is 5.18. The van der Waals surface area contributed by atoms with Crippen LogP contribution in [0.3, 0.4) is 0 Å². The lowest BCUT2D eigenvalue weighted by Crippen LogP contribution is -2.24. The Bertz CT molecular complexity index is 766. The van der Waals surface area contributed by atoms with Crippen LogP contribution >= 0.6 is 11.8 Å². The quantitative estimate of drug-likeness (QED) is 0.585. The van der Waals surface area contributed by atoms with Gasteiger partial charge in [-0.2, -0.15) is 9.78 Å². The van der Waals surface area contributed by atoms with Crippen LogP contribution in [0.1, 0.15) is 55.0 Å². The number of hydrogen-bond acceptors (Lipinski definition) is 6. The van der Waals surface area contributed by atoms with Crippen molar-refractivity contribution in [3.05, 3.63) is 41.2 Å². The van der Waals surface area contributed by atoms with Crippen molar-refractivity contribution in [2.24, 2.45) is 5.10 Å². The van der Waals surface area contributed by atoms with E-state index >= 15 is 0 Å². The molecule has 2 aromatic rings. The fourth-order valence-corrected chi connectivity index (χ4v) is 3.70. The molecule has 1 fully saturated rings. The zero-order valence-electron chi connectivity index (χ0n) is 14.2. The van der Waals surface area contributed by atoms with Gasteiger partial charge in [0.1, 0.15) is 0 Å². The molecule has 1 aliphatic carbocycles. The minimum atomic E-state index is -1.12. The molecule has 0 atom stereocenters. The molecular weight excluding hydrogens is 336 g/mol. The number of carbonyl (C=O) groups excluding carboxylic acids is 1. The third kappa shape index (κ3) is 4.69. The first-order chi connectivity index (χ1) is 12.1. The average molecular weight is 357 g/mol. The molecule has 132 valence electrons. The van der Waals surface area contributed by atoms with E-state index in [9.17, 15) is 9.90 Å². The van der Waals surface area contributed by atoms with Crippen molar-refractivity contribution in [1.29, 1.82) is 0 Å². The number of carboxylic acids is 1. The fourth-order valence-electron chi connectivity index (χ4n) is 3.09. The summed E-state index contributed by atoms with van der Waals surface area (Å²) in [5, 5.41) is 24.3. The summed E-state index contributed by atoms with van der Waals surface area (Å²) < 4.78 is 1.70. The summed E-state index contributed by atoms with van der Waals surface area (Å²) in [6, 6.07) is 8.04. The molecule has 7 heteroatoms. The second-order valence-electron chi connectivity index (χ2n) is 6.31. The lowest BCUT2D eigenvalue weighted by Gasteiger charge is -2.20. The summed E-state index contributed by atoms with van der Waals surface area (Å²) in [6.45, 7) is 2.03. The van der Waals surface area contributed by atoms with E-state index in [0.717, 1.165) is 41.6 Å². The monoisotopic (exact) mass is 357 g/mol. The van der Waals surface area contributed by atoms with Gasteiger partial charge in [-0.3, -0.25) is 0 Å². The fraction of sp³-hybridized carbons (Fsp3) is 0.444. The molecule has 25 heavy (non-hydrogen) atoms. The van der Waals surface area contributed by atoms with Gasteiger partial charge in [0, 0.05) is 11.7 Å². The van der Waals surface area contributed by atoms with Crippen molar-refractivity contribution in [3.8, 4) is 0 Å². The van der Waals surface area contributed by atoms with Crippen molar-refractivity contribution >= 4 is 23.9 Å². The number of benzene rings is 1. The van der Waals surface area contributed by atoms with Gasteiger partial charge in [-0.25, -0.2) is 0 Å². The van der Waals surface area contributed by atoms with Crippen LogP contribution in [0.25, 0.3) is 0 Å². The highest BCUT2D eigenvalue weighted by atomic mass is 32.2. The predicted octanol–water partition coefficient (Wildman–Crippen LogP) is 2.36. The summed E-state index contributed by atoms with van der Waals surface area (Å²) in [5.41, 5.74) is 2.14. The normalized spacial score (nSPS) is 15.7. The van der Waals surface area contributed by atoms with Crippen molar-refractivity contribution in [2.75, 3.05) is 5.75 Å². The lowest BCUT2D eigenvalue weighted by molar-refractivity contribution is -0.301. The first-order valence-electron chi connectivity index (χ1n) is 8.52. The Morgan fingerprint density at radius 3 is 2.88 bits per heavy atom. The van der Waals surface area contributed by atoms with Gasteiger partial charge in [-0.1, -0.05) is 60.9 Å². The molecule has 0 bridgehead atoms. The van der Waals surface area contributed by atoms with E-state index in [1.165, 1.54) is 19.3 Å². The van der Waals surface area contributed by atoms with Crippen molar-refractivity contribution in [3.63, 3.8) is 0 Å². The first kappa shape index (κ1) is 17.7. The average Bonchev–Trinajstić information content (AvgIpc) is 3.02. The smallest absolute Gasteiger partial charge is 0.212 e. The van der Waals surface area contributed by atoms with E-state index in [1.54, 1.807) is 10.9 Å². The summed E-state index contributed by atoms with van der Waals surface area (Å²) in [4.78, 5) is 10.8. The van der Waals surface area contributed by atoms with Gasteiger partial charge >= 0.3 is 0 Å².